The highest BCUT2D eigenvalue weighted by Crippen LogP contribution is 2.37. The van der Waals surface area contributed by atoms with Gasteiger partial charge in [-0.1, -0.05) is 23.7 Å². The van der Waals surface area contributed by atoms with Gasteiger partial charge < -0.3 is 15.3 Å². The van der Waals surface area contributed by atoms with Crippen LogP contribution in [-0.2, 0) is 18.8 Å². The predicted molar refractivity (Wildman–Crippen MR) is 111 cm³/mol. The highest BCUT2D eigenvalue weighted by molar-refractivity contribution is 6.30. The van der Waals surface area contributed by atoms with Gasteiger partial charge in [0.25, 0.3) is 5.91 Å². The van der Waals surface area contributed by atoms with Crippen LogP contribution in [0.15, 0.2) is 42.5 Å². The van der Waals surface area contributed by atoms with Gasteiger partial charge in [-0.15, -0.1) is 0 Å². The molecule has 1 aliphatic rings. The number of halogens is 7. The molecule has 1 aliphatic heterocycles. The number of likely N-dealkylation sites (tertiary alicyclic amines) is 1. The fourth-order valence-electron chi connectivity index (χ4n) is 3.95. The Balaban J connectivity index is 1.96. The molecule has 34 heavy (non-hydrogen) atoms. The van der Waals surface area contributed by atoms with Crippen molar-refractivity contribution in [3.63, 3.8) is 0 Å². The first-order chi connectivity index (χ1) is 15.7. The molecule has 2 N–H and O–H groups in total. The Morgan fingerprint density at radius 3 is 2.06 bits per heavy atom. The van der Waals surface area contributed by atoms with Crippen LogP contribution in [0.1, 0.15) is 39.9 Å². The van der Waals surface area contributed by atoms with E-state index in [9.17, 15) is 35.9 Å². The third-order valence-electron chi connectivity index (χ3n) is 5.52. The molecule has 0 radical (unpaired) electrons. The number of carbonyl (C=O) groups is 2. The molecule has 2 amide bonds. The van der Waals surface area contributed by atoms with E-state index in [4.69, 9.17) is 16.7 Å². The molecular weight excluding hydrogens is 490 g/mol. The SMILES string of the molecule is O=C(O)NC1CCN(C(=O)c2cc(C(F)(F)F)cc(C(F)(F)F)c2)C(Cc2ccc(Cl)cc2)C1. The van der Waals surface area contributed by atoms with Gasteiger partial charge in [0.15, 0.2) is 0 Å². The number of hydrogen-bond acceptors (Lipinski definition) is 2. The summed E-state index contributed by atoms with van der Waals surface area (Å²) in [5.74, 6) is -0.996. The summed E-state index contributed by atoms with van der Waals surface area (Å²) >= 11 is 5.87. The van der Waals surface area contributed by atoms with E-state index in [0.717, 1.165) is 0 Å². The van der Waals surface area contributed by atoms with Crippen molar-refractivity contribution < 1.29 is 41.0 Å². The number of hydrogen-bond donors (Lipinski definition) is 2. The number of carboxylic acid groups (broad SMARTS) is 1. The lowest BCUT2D eigenvalue weighted by atomic mass is 9.91. The Morgan fingerprint density at radius 1 is 1.00 bits per heavy atom. The maximum Gasteiger partial charge on any atom is 0.416 e. The lowest BCUT2D eigenvalue weighted by Crippen LogP contribution is -2.52. The molecule has 2 atom stereocenters. The minimum absolute atomic E-state index is 0.0367. The van der Waals surface area contributed by atoms with Crippen molar-refractivity contribution in [3.05, 3.63) is 69.7 Å². The van der Waals surface area contributed by atoms with Crippen molar-refractivity contribution in [2.45, 2.75) is 43.7 Å². The van der Waals surface area contributed by atoms with Crippen molar-refractivity contribution in [2.24, 2.45) is 0 Å². The van der Waals surface area contributed by atoms with Crippen molar-refractivity contribution in [3.8, 4) is 0 Å². The summed E-state index contributed by atoms with van der Waals surface area (Å²) in [7, 11) is 0. The quantitative estimate of drug-likeness (QED) is 0.508. The van der Waals surface area contributed by atoms with Gasteiger partial charge in [0.2, 0.25) is 0 Å². The minimum atomic E-state index is -5.09. The zero-order valence-electron chi connectivity index (χ0n) is 17.4. The van der Waals surface area contributed by atoms with Crippen LogP contribution in [0.2, 0.25) is 5.02 Å². The molecule has 0 aromatic heterocycles. The van der Waals surface area contributed by atoms with Gasteiger partial charge in [-0.25, -0.2) is 4.79 Å². The maximum atomic E-state index is 13.2. The van der Waals surface area contributed by atoms with Crippen LogP contribution in [0.3, 0.4) is 0 Å². The second-order valence-electron chi connectivity index (χ2n) is 7.95. The summed E-state index contributed by atoms with van der Waals surface area (Å²) in [6.07, 6.45) is -11.0. The van der Waals surface area contributed by atoms with Crippen LogP contribution in [0, 0.1) is 0 Å². The zero-order valence-corrected chi connectivity index (χ0v) is 18.1. The van der Waals surface area contributed by atoms with E-state index in [-0.39, 0.29) is 31.9 Å². The topological polar surface area (TPSA) is 69.6 Å². The van der Waals surface area contributed by atoms with Crippen LogP contribution in [0.5, 0.6) is 0 Å². The number of piperidine rings is 1. The standard InChI is InChI=1S/C22H19ClF6N2O3/c23-16-3-1-12(2-4-16)7-18-11-17(30-20(33)34)5-6-31(18)19(32)13-8-14(21(24,25)26)10-15(9-13)22(27,28)29/h1-4,8-10,17-18,30H,5-7,11H2,(H,33,34). The van der Waals surface area contributed by atoms with Crippen LogP contribution < -0.4 is 5.32 Å². The van der Waals surface area contributed by atoms with E-state index in [1.54, 1.807) is 24.3 Å². The minimum Gasteiger partial charge on any atom is -0.465 e. The summed E-state index contributed by atoms with van der Waals surface area (Å²) in [6.45, 7) is -0.0559. The van der Waals surface area contributed by atoms with Gasteiger partial charge in [0.05, 0.1) is 11.1 Å². The molecule has 3 rings (SSSR count). The average Bonchev–Trinajstić information content (AvgIpc) is 2.73. The second-order valence-corrected chi connectivity index (χ2v) is 8.38. The molecule has 184 valence electrons. The molecule has 2 aromatic rings. The first kappa shape index (κ1) is 25.7. The van der Waals surface area contributed by atoms with Crippen LogP contribution in [0.4, 0.5) is 31.1 Å². The third kappa shape index (κ3) is 6.34. The Morgan fingerprint density at radius 2 is 1.56 bits per heavy atom. The summed E-state index contributed by atoms with van der Waals surface area (Å²) in [5, 5.41) is 11.8. The molecule has 5 nitrogen and oxygen atoms in total. The molecule has 2 unspecified atom stereocenters. The number of nitrogens with zero attached hydrogens (tertiary/aromatic N) is 1. The van der Waals surface area contributed by atoms with E-state index >= 15 is 0 Å². The number of alkyl halides is 6. The molecule has 1 heterocycles. The molecule has 1 saturated heterocycles. The number of rotatable bonds is 4. The molecule has 0 bridgehead atoms. The molecule has 2 aromatic carbocycles. The Labute approximate surface area is 195 Å². The fraction of sp³-hybridized carbons (Fsp3) is 0.364. The average molecular weight is 509 g/mol. The van der Waals surface area contributed by atoms with Gasteiger partial charge >= 0.3 is 18.4 Å². The van der Waals surface area contributed by atoms with Gasteiger partial charge in [-0.05, 0) is 55.2 Å². The lowest BCUT2D eigenvalue weighted by Gasteiger charge is -2.40. The Bertz CT molecular complexity index is 1020. The van der Waals surface area contributed by atoms with Gasteiger partial charge in [-0.2, -0.15) is 26.3 Å². The monoisotopic (exact) mass is 508 g/mol. The lowest BCUT2D eigenvalue weighted by molar-refractivity contribution is -0.143. The largest absolute Gasteiger partial charge is 0.465 e. The molecule has 0 aliphatic carbocycles. The smallest absolute Gasteiger partial charge is 0.416 e. The van der Waals surface area contributed by atoms with E-state index in [2.05, 4.69) is 5.32 Å². The molecule has 0 spiro atoms. The first-order valence-corrected chi connectivity index (χ1v) is 10.5. The van der Waals surface area contributed by atoms with Crippen molar-refractivity contribution in [2.75, 3.05) is 6.54 Å². The Kier molecular flexibility index (Phi) is 7.35. The van der Waals surface area contributed by atoms with E-state index in [1.165, 1.54) is 4.90 Å². The van der Waals surface area contributed by atoms with Crippen LogP contribution in [0.25, 0.3) is 0 Å². The number of carbonyl (C=O) groups excluding carboxylic acids is 1. The highest BCUT2D eigenvalue weighted by atomic mass is 35.5. The van der Waals surface area contributed by atoms with Crippen molar-refractivity contribution >= 4 is 23.6 Å². The predicted octanol–water partition coefficient (Wildman–Crippen LogP) is 5.86. The molecular formula is C22H19ClF6N2O3. The van der Waals surface area contributed by atoms with Crippen LogP contribution >= 0.6 is 11.6 Å². The van der Waals surface area contributed by atoms with Gasteiger partial charge in [0, 0.05) is 29.2 Å². The third-order valence-corrected chi connectivity index (χ3v) is 5.78. The second kappa shape index (κ2) is 9.73. The summed E-state index contributed by atoms with van der Waals surface area (Å²) in [5.41, 5.74) is -3.19. The number of nitrogens with one attached hydrogen (secondary N) is 1. The number of benzene rings is 2. The fourth-order valence-corrected chi connectivity index (χ4v) is 4.08. The Hall–Kier alpha value is -2.95. The normalized spacial score (nSPS) is 19.1. The first-order valence-electron chi connectivity index (χ1n) is 10.1. The number of amides is 2. The summed E-state index contributed by atoms with van der Waals surface area (Å²) in [6, 6.07) is 6.09. The van der Waals surface area contributed by atoms with E-state index in [1.807, 2.05) is 0 Å². The van der Waals surface area contributed by atoms with Gasteiger partial charge in [0.1, 0.15) is 0 Å². The van der Waals surface area contributed by atoms with Crippen molar-refractivity contribution in [1.29, 1.82) is 0 Å². The highest BCUT2D eigenvalue weighted by Gasteiger charge is 2.39. The van der Waals surface area contributed by atoms with Crippen LogP contribution in [-0.4, -0.2) is 40.6 Å². The zero-order chi connectivity index (χ0) is 25.3. The summed E-state index contributed by atoms with van der Waals surface area (Å²) in [4.78, 5) is 25.4. The molecule has 1 fully saturated rings. The van der Waals surface area contributed by atoms with Gasteiger partial charge in [-0.3, -0.25) is 4.79 Å². The maximum absolute atomic E-state index is 13.2. The summed E-state index contributed by atoms with van der Waals surface area (Å²) < 4.78 is 79.5. The van der Waals surface area contributed by atoms with Crippen molar-refractivity contribution in [1.82, 2.24) is 10.2 Å². The molecule has 12 heteroatoms. The van der Waals surface area contributed by atoms with E-state index < -0.39 is 53.1 Å². The van der Waals surface area contributed by atoms with E-state index in [0.29, 0.717) is 22.7 Å². The molecule has 0 saturated carbocycles.